The summed E-state index contributed by atoms with van der Waals surface area (Å²) in [7, 11) is -3.22. The molecule has 0 aromatic rings. The van der Waals surface area contributed by atoms with Crippen LogP contribution in [0.5, 0.6) is 0 Å². The van der Waals surface area contributed by atoms with E-state index in [1.54, 1.807) is 0 Å². The minimum atomic E-state index is -3.22. The molecule has 2 saturated heterocycles. The molecule has 0 radical (unpaired) electrons. The molecule has 94 valence electrons. The molecule has 1 N–H and O–H groups in total. The normalized spacial score (nSPS) is 30.4. The van der Waals surface area contributed by atoms with Crippen LogP contribution in [-0.2, 0) is 14.8 Å². The summed E-state index contributed by atoms with van der Waals surface area (Å²) in [5.74, 6) is 0. The van der Waals surface area contributed by atoms with Gasteiger partial charge in [0.25, 0.3) is 0 Å². The Balaban J connectivity index is 2.05. The minimum absolute atomic E-state index is 0.264. The Bertz CT molecular complexity index is 324. The molecular formula is C10H19NO4S. The van der Waals surface area contributed by atoms with Gasteiger partial charge in [-0.25, -0.2) is 8.42 Å². The van der Waals surface area contributed by atoms with Crippen molar-refractivity contribution in [3.05, 3.63) is 0 Å². The molecule has 0 spiro atoms. The van der Waals surface area contributed by atoms with Gasteiger partial charge in [-0.05, 0) is 25.7 Å². The summed E-state index contributed by atoms with van der Waals surface area (Å²) in [4.78, 5) is 0. The fourth-order valence-corrected chi connectivity index (χ4v) is 4.31. The Morgan fingerprint density at radius 3 is 2.50 bits per heavy atom. The van der Waals surface area contributed by atoms with Crippen LogP contribution in [-0.4, -0.2) is 55.5 Å². The number of ether oxygens (including phenoxy) is 1. The molecule has 0 bridgehead atoms. The molecule has 2 aliphatic rings. The highest BCUT2D eigenvalue weighted by atomic mass is 32.2. The first-order valence-corrected chi connectivity index (χ1v) is 7.36. The van der Waals surface area contributed by atoms with Gasteiger partial charge in [0.2, 0.25) is 10.0 Å². The summed E-state index contributed by atoms with van der Waals surface area (Å²) in [5, 5.41) is 9.20. The molecule has 5 nitrogen and oxygen atoms in total. The van der Waals surface area contributed by atoms with Crippen LogP contribution in [0.1, 0.15) is 25.7 Å². The maximum atomic E-state index is 12.2. The zero-order valence-corrected chi connectivity index (χ0v) is 10.2. The third kappa shape index (κ3) is 2.56. The van der Waals surface area contributed by atoms with Crippen LogP contribution >= 0.6 is 0 Å². The first-order chi connectivity index (χ1) is 7.60. The van der Waals surface area contributed by atoms with Crippen LogP contribution in [0.4, 0.5) is 0 Å². The summed E-state index contributed by atoms with van der Waals surface area (Å²) in [5.41, 5.74) is 0. The first-order valence-electron chi connectivity index (χ1n) is 5.85. The van der Waals surface area contributed by atoms with Gasteiger partial charge < -0.3 is 9.84 Å². The molecule has 0 amide bonds. The summed E-state index contributed by atoms with van der Waals surface area (Å²) in [6, 6.07) is 0. The van der Waals surface area contributed by atoms with E-state index in [-0.39, 0.29) is 11.8 Å². The summed E-state index contributed by atoms with van der Waals surface area (Å²) in [6.07, 6.45) is 2.12. The number of piperidine rings is 1. The molecule has 6 heteroatoms. The Morgan fingerprint density at radius 1 is 1.19 bits per heavy atom. The van der Waals surface area contributed by atoms with Crippen molar-refractivity contribution in [2.24, 2.45) is 0 Å². The molecule has 0 saturated carbocycles. The fourth-order valence-electron chi connectivity index (χ4n) is 2.34. The van der Waals surface area contributed by atoms with Crippen molar-refractivity contribution in [3.8, 4) is 0 Å². The number of aliphatic hydroxyl groups is 1. The number of β-amino-alcohol motifs (C(OH)–C–C–N with tert-alkyl or cyclic N) is 1. The Kier molecular flexibility index (Phi) is 3.84. The van der Waals surface area contributed by atoms with Crippen molar-refractivity contribution in [2.45, 2.75) is 37.0 Å². The maximum absolute atomic E-state index is 12.2. The lowest BCUT2D eigenvalue weighted by atomic mass is 10.1. The van der Waals surface area contributed by atoms with E-state index < -0.39 is 16.1 Å². The lowest BCUT2D eigenvalue weighted by Crippen LogP contribution is -2.47. The SMILES string of the molecule is O=S(=O)(C1CCOCC1)N1CCCC(O)C1. The molecule has 2 rings (SSSR count). The monoisotopic (exact) mass is 249 g/mol. The second-order valence-corrected chi connectivity index (χ2v) is 6.72. The van der Waals surface area contributed by atoms with E-state index in [9.17, 15) is 13.5 Å². The lowest BCUT2D eigenvalue weighted by molar-refractivity contribution is 0.0913. The molecule has 0 aromatic carbocycles. The van der Waals surface area contributed by atoms with Crippen LogP contribution in [0.2, 0.25) is 0 Å². The van der Waals surface area contributed by atoms with E-state index in [4.69, 9.17) is 4.74 Å². The van der Waals surface area contributed by atoms with E-state index in [1.165, 1.54) is 4.31 Å². The van der Waals surface area contributed by atoms with Crippen molar-refractivity contribution < 1.29 is 18.3 Å². The predicted molar refractivity (Wildman–Crippen MR) is 59.6 cm³/mol. The maximum Gasteiger partial charge on any atom is 0.217 e. The smallest absolute Gasteiger partial charge is 0.217 e. The third-order valence-corrected chi connectivity index (χ3v) is 5.67. The number of hydrogen-bond acceptors (Lipinski definition) is 4. The van der Waals surface area contributed by atoms with Crippen LogP contribution < -0.4 is 0 Å². The second-order valence-electron chi connectivity index (χ2n) is 4.51. The molecule has 16 heavy (non-hydrogen) atoms. The van der Waals surface area contributed by atoms with Crippen molar-refractivity contribution in [1.29, 1.82) is 0 Å². The van der Waals surface area contributed by atoms with Crippen molar-refractivity contribution in [2.75, 3.05) is 26.3 Å². The van der Waals surface area contributed by atoms with E-state index in [1.807, 2.05) is 0 Å². The molecule has 0 aliphatic carbocycles. The summed E-state index contributed by atoms with van der Waals surface area (Å²) >= 11 is 0. The van der Waals surface area contributed by atoms with Crippen LogP contribution in [0, 0.1) is 0 Å². The van der Waals surface area contributed by atoms with E-state index >= 15 is 0 Å². The minimum Gasteiger partial charge on any atom is -0.392 e. The van der Waals surface area contributed by atoms with Crippen molar-refractivity contribution >= 4 is 10.0 Å². The predicted octanol–water partition coefficient (Wildman–Crippen LogP) is -0.0481. The average Bonchev–Trinajstić information content (AvgIpc) is 2.30. The average molecular weight is 249 g/mol. The van der Waals surface area contributed by atoms with Gasteiger partial charge in [0, 0.05) is 26.3 Å². The molecule has 1 unspecified atom stereocenters. The van der Waals surface area contributed by atoms with Gasteiger partial charge in [0.15, 0.2) is 0 Å². The number of rotatable bonds is 2. The van der Waals surface area contributed by atoms with Gasteiger partial charge in [0.1, 0.15) is 0 Å². The van der Waals surface area contributed by atoms with Crippen LogP contribution in [0.15, 0.2) is 0 Å². The van der Waals surface area contributed by atoms with Crippen LogP contribution in [0.3, 0.4) is 0 Å². The number of sulfonamides is 1. The lowest BCUT2D eigenvalue weighted by Gasteiger charge is -2.33. The Hall–Kier alpha value is -0.170. The zero-order valence-electron chi connectivity index (χ0n) is 9.34. The molecule has 2 fully saturated rings. The van der Waals surface area contributed by atoms with Gasteiger partial charge in [-0.3, -0.25) is 0 Å². The second kappa shape index (κ2) is 5.00. The van der Waals surface area contributed by atoms with Gasteiger partial charge >= 0.3 is 0 Å². The highest BCUT2D eigenvalue weighted by Gasteiger charge is 2.35. The van der Waals surface area contributed by atoms with Crippen LogP contribution in [0.25, 0.3) is 0 Å². The van der Waals surface area contributed by atoms with Crippen molar-refractivity contribution in [3.63, 3.8) is 0 Å². The highest BCUT2D eigenvalue weighted by Crippen LogP contribution is 2.23. The van der Waals surface area contributed by atoms with Gasteiger partial charge in [-0.15, -0.1) is 0 Å². The number of hydrogen-bond donors (Lipinski definition) is 1. The molecule has 1 atom stereocenters. The van der Waals surface area contributed by atoms with Gasteiger partial charge in [-0.1, -0.05) is 0 Å². The van der Waals surface area contributed by atoms with Gasteiger partial charge in [0.05, 0.1) is 11.4 Å². The Morgan fingerprint density at radius 2 is 1.88 bits per heavy atom. The van der Waals surface area contributed by atoms with E-state index in [2.05, 4.69) is 0 Å². The molecule has 2 aliphatic heterocycles. The highest BCUT2D eigenvalue weighted by molar-refractivity contribution is 7.89. The molecule has 0 aromatic heterocycles. The Labute approximate surface area is 96.4 Å². The number of nitrogens with zero attached hydrogens (tertiary/aromatic N) is 1. The topological polar surface area (TPSA) is 66.8 Å². The van der Waals surface area contributed by atoms with Gasteiger partial charge in [-0.2, -0.15) is 4.31 Å². The fraction of sp³-hybridized carbons (Fsp3) is 1.00. The molecule has 2 heterocycles. The quantitative estimate of drug-likeness (QED) is 0.745. The third-order valence-electron chi connectivity index (χ3n) is 3.31. The first kappa shape index (κ1) is 12.3. The molecular weight excluding hydrogens is 230 g/mol. The van der Waals surface area contributed by atoms with Crippen molar-refractivity contribution in [1.82, 2.24) is 4.31 Å². The zero-order chi connectivity index (χ0) is 11.6. The van der Waals surface area contributed by atoms with E-state index in [0.717, 1.165) is 6.42 Å². The largest absolute Gasteiger partial charge is 0.392 e. The summed E-state index contributed by atoms with van der Waals surface area (Å²) < 4.78 is 31.1. The summed E-state index contributed by atoms with van der Waals surface area (Å²) in [6.45, 7) is 1.87. The number of aliphatic hydroxyl groups excluding tert-OH is 1. The standard InChI is InChI=1S/C10H19NO4S/c12-9-2-1-5-11(8-9)16(13,14)10-3-6-15-7-4-10/h9-10,12H,1-8H2. The van der Waals surface area contributed by atoms with E-state index in [0.29, 0.717) is 39.0 Å².